The molecule has 2 N–H and O–H groups in total. The third kappa shape index (κ3) is 4.64. The Kier molecular flexibility index (Phi) is 5.90. The van der Waals surface area contributed by atoms with Gasteiger partial charge in [-0.2, -0.15) is 0 Å². The Morgan fingerprint density at radius 2 is 1.75 bits per heavy atom. The highest BCUT2D eigenvalue weighted by Gasteiger charge is 2.13. The van der Waals surface area contributed by atoms with E-state index in [0.717, 1.165) is 21.3 Å². The van der Waals surface area contributed by atoms with E-state index in [0.29, 0.717) is 22.6 Å². The highest BCUT2D eigenvalue weighted by Crippen LogP contribution is 2.24. The molecule has 0 saturated carbocycles. The molecule has 0 radical (unpaired) electrons. The van der Waals surface area contributed by atoms with E-state index in [1.54, 1.807) is 18.2 Å². The number of hydrogen-bond acceptors (Lipinski definition) is 3. The number of carbonyl (C=O) groups excluding carboxylic acids is 2. The second kappa shape index (κ2) is 8.35. The molecule has 3 rings (SSSR count). The summed E-state index contributed by atoms with van der Waals surface area (Å²) in [5, 5.41) is 5.63. The molecule has 0 atom stereocenters. The third-order valence-electron chi connectivity index (χ3n) is 4.26. The lowest BCUT2D eigenvalue weighted by Crippen LogP contribution is -2.15. The second-order valence-corrected chi connectivity index (χ2v) is 7.42. The first-order valence-corrected chi connectivity index (χ1v) is 9.56. The third-order valence-corrected chi connectivity index (χ3v) is 4.75. The largest absolute Gasteiger partial charge is 0.326 e. The molecule has 0 aliphatic heterocycles. The van der Waals surface area contributed by atoms with Crippen LogP contribution in [0.3, 0.4) is 0 Å². The zero-order valence-electron chi connectivity index (χ0n) is 15.8. The lowest BCUT2D eigenvalue weighted by Gasteiger charge is -2.12. The van der Waals surface area contributed by atoms with Crippen LogP contribution >= 0.6 is 15.9 Å². The van der Waals surface area contributed by atoms with Gasteiger partial charge in [0.2, 0.25) is 5.91 Å². The molecule has 2 aromatic carbocycles. The van der Waals surface area contributed by atoms with Crippen LogP contribution in [0.5, 0.6) is 0 Å². The SMILES string of the molecule is CC(=O)Nc1ccc(C)c(NC(=O)c2ccc(-c3cccc(Br)c3)nc2C)c1. The minimum absolute atomic E-state index is 0.163. The molecule has 1 heterocycles. The van der Waals surface area contributed by atoms with Crippen molar-refractivity contribution in [2.45, 2.75) is 20.8 Å². The highest BCUT2D eigenvalue weighted by molar-refractivity contribution is 9.10. The van der Waals surface area contributed by atoms with E-state index in [1.165, 1.54) is 6.92 Å². The van der Waals surface area contributed by atoms with Gasteiger partial charge in [-0.25, -0.2) is 0 Å². The molecule has 5 nitrogen and oxygen atoms in total. The molecule has 0 unspecified atom stereocenters. The van der Waals surface area contributed by atoms with Crippen molar-refractivity contribution in [3.8, 4) is 11.3 Å². The Morgan fingerprint density at radius 3 is 2.43 bits per heavy atom. The normalized spacial score (nSPS) is 10.4. The van der Waals surface area contributed by atoms with Crippen molar-refractivity contribution in [3.05, 3.63) is 75.9 Å². The van der Waals surface area contributed by atoms with Gasteiger partial charge in [0.25, 0.3) is 5.91 Å². The fourth-order valence-corrected chi connectivity index (χ4v) is 3.24. The van der Waals surface area contributed by atoms with Crippen molar-refractivity contribution < 1.29 is 9.59 Å². The molecule has 0 saturated heterocycles. The number of benzene rings is 2. The van der Waals surface area contributed by atoms with Gasteiger partial charge in [0.15, 0.2) is 0 Å². The average Bonchev–Trinajstić information content (AvgIpc) is 2.64. The maximum Gasteiger partial charge on any atom is 0.257 e. The fourth-order valence-electron chi connectivity index (χ4n) is 2.84. The van der Waals surface area contributed by atoms with Crippen molar-refractivity contribution in [2.24, 2.45) is 0 Å². The van der Waals surface area contributed by atoms with Crippen molar-refractivity contribution in [2.75, 3.05) is 10.6 Å². The van der Waals surface area contributed by atoms with Gasteiger partial charge in [-0.05, 0) is 55.8 Å². The van der Waals surface area contributed by atoms with E-state index in [-0.39, 0.29) is 11.8 Å². The summed E-state index contributed by atoms with van der Waals surface area (Å²) in [5.74, 6) is -0.404. The maximum atomic E-state index is 12.8. The van der Waals surface area contributed by atoms with Crippen LogP contribution in [0.15, 0.2) is 59.1 Å². The summed E-state index contributed by atoms with van der Waals surface area (Å²) < 4.78 is 0.973. The van der Waals surface area contributed by atoms with Crippen LogP contribution in [-0.2, 0) is 4.79 Å². The van der Waals surface area contributed by atoms with E-state index in [1.807, 2.05) is 50.2 Å². The van der Waals surface area contributed by atoms with Gasteiger partial charge >= 0.3 is 0 Å². The first-order valence-electron chi connectivity index (χ1n) is 8.76. The molecule has 0 fully saturated rings. The van der Waals surface area contributed by atoms with Gasteiger partial charge in [-0.3, -0.25) is 14.6 Å². The van der Waals surface area contributed by atoms with Crippen LogP contribution in [0, 0.1) is 13.8 Å². The summed E-state index contributed by atoms with van der Waals surface area (Å²) in [6.07, 6.45) is 0. The summed E-state index contributed by atoms with van der Waals surface area (Å²) in [7, 11) is 0. The fraction of sp³-hybridized carbons (Fsp3) is 0.136. The Balaban J connectivity index is 1.84. The molecule has 0 aliphatic rings. The van der Waals surface area contributed by atoms with E-state index >= 15 is 0 Å². The predicted octanol–water partition coefficient (Wildman–Crippen LogP) is 5.34. The summed E-state index contributed by atoms with van der Waals surface area (Å²) in [4.78, 5) is 28.6. The standard InChI is InChI=1S/C22H20BrN3O2/c1-13-7-8-18(25-15(3)27)12-21(13)26-22(28)19-9-10-20(24-14(19)2)16-5-4-6-17(23)11-16/h4-12H,1-3H3,(H,25,27)(H,26,28). The van der Waals surface area contributed by atoms with E-state index in [2.05, 4.69) is 31.5 Å². The van der Waals surface area contributed by atoms with Crippen molar-refractivity contribution in [3.63, 3.8) is 0 Å². The molecule has 6 heteroatoms. The molecule has 0 aliphatic carbocycles. The van der Waals surface area contributed by atoms with Gasteiger partial charge in [0, 0.05) is 28.3 Å². The minimum atomic E-state index is -0.242. The lowest BCUT2D eigenvalue weighted by molar-refractivity contribution is -0.114. The molecule has 1 aromatic heterocycles. The van der Waals surface area contributed by atoms with E-state index < -0.39 is 0 Å². The monoisotopic (exact) mass is 437 g/mol. The molecule has 2 amide bonds. The molecular weight excluding hydrogens is 418 g/mol. The van der Waals surface area contributed by atoms with Gasteiger partial charge < -0.3 is 10.6 Å². The molecular formula is C22H20BrN3O2. The van der Waals surface area contributed by atoms with Gasteiger partial charge in [0.1, 0.15) is 0 Å². The smallest absolute Gasteiger partial charge is 0.257 e. The summed E-state index contributed by atoms with van der Waals surface area (Å²) in [5.41, 5.74) is 5.11. The summed E-state index contributed by atoms with van der Waals surface area (Å²) in [6, 6.07) is 16.9. The number of aromatic nitrogens is 1. The van der Waals surface area contributed by atoms with Crippen LogP contribution in [0.4, 0.5) is 11.4 Å². The maximum absolute atomic E-state index is 12.8. The first kappa shape index (κ1) is 19.8. The number of carbonyl (C=O) groups is 2. The van der Waals surface area contributed by atoms with Gasteiger partial charge in [0.05, 0.1) is 17.0 Å². The number of rotatable bonds is 4. The van der Waals surface area contributed by atoms with Crippen molar-refractivity contribution in [1.82, 2.24) is 4.98 Å². The zero-order valence-corrected chi connectivity index (χ0v) is 17.4. The minimum Gasteiger partial charge on any atom is -0.326 e. The first-order chi connectivity index (χ1) is 13.3. The van der Waals surface area contributed by atoms with E-state index in [9.17, 15) is 9.59 Å². The predicted molar refractivity (Wildman–Crippen MR) is 116 cm³/mol. The Morgan fingerprint density at radius 1 is 0.964 bits per heavy atom. The van der Waals surface area contributed by atoms with Crippen molar-refractivity contribution in [1.29, 1.82) is 0 Å². The van der Waals surface area contributed by atoms with Crippen LogP contribution in [0.25, 0.3) is 11.3 Å². The molecule has 0 bridgehead atoms. The number of nitrogens with zero attached hydrogens (tertiary/aromatic N) is 1. The quantitative estimate of drug-likeness (QED) is 0.578. The average molecular weight is 438 g/mol. The number of halogens is 1. The molecule has 142 valence electrons. The Hall–Kier alpha value is -2.99. The molecule has 3 aromatic rings. The number of aryl methyl sites for hydroxylation is 2. The number of pyridine rings is 1. The number of anilines is 2. The van der Waals surface area contributed by atoms with Gasteiger partial charge in [-0.15, -0.1) is 0 Å². The molecule has 28 heavy (non-hydrogen) atoms. The topological polar surface area (TPSA) is 71.1 Å². The second-order valence-electron chi connectivity index (χ2n) is 6.50. The number of hydrogen-bond donors (Lipinski definition) is 2. The molecule has 0 spiro atoms. The number of amides is 2. The Labute approximate surface area is 172 Å². The van der Waals surface area contributed by atoms with E-state index in [4.69, 9.17) is 0 Å². The van der Waals surface area contributed by atoms with Crippen LogP contribution < -0.4 is 10.6 Å². The van der Waals surface area contributed by atoms with Crippen LogP contribution in [-0.4, -0.2) is 16.8 Å². The van der Waals surface area contributed by atoms with Crippen LogP contribution in [0.2, 0.25) is 0 Å². The zero-order chi connectivity index (χ0) is 20.3. The summed E-state index contributed by atoms with van der Waals surface area (Å²) >= 11 is 3.46. The summed E-state index contributed by atoms with van der Waals surface area (Å²) in [6.45, 7) is 5.16. The van der Waals surface area contributed by atoms with Crippen LogP contribution in [0.1, 0.15) is 28.5 Å². The lowest BCUT2D eigenvalue weighted by atomic mass is 10.1. The van der Waals surface area contributed by atoms with Gasteiger partial charge in [-0.1, -0.05) is 34.1 Å². The Bertz CT molecular complexity index is 1060. The highest BCUT2D eigenvalue weighted by atomic mass is 79.9. The number of nitrogens with one attached hydrogen (secondary N) is 2. The van der Waals surface area contributed by atoms with Crippen molar-refractivity contribution >= 4 is 39.1 Å².